The number of carboxylic acid groups (broad SMARTS) is 1. The largest absolute Gasteiger partial charge is 0.480 e. The fourth-order valence-corrected chi connectivity index (χ4v) is 2.26. The number of hydrogen-bond donors (Lipinski definition) is 4. The van der Waals surface area contributed by atoms with E-state index in [2.05, 4.69) is 10.4 Å². The van der Waals surface area contributed by atoms with Gasteiger partial charge in [-0.05, 0) is 25.7 Å². The van der Waals surface area contributed by atoms with Gasteiger partial charge in [-0.1, -0.05) is 0 Å². The van der Waals surface area contributed by atoms with Crippen LogP contribution in [0, 0.1) is 0 Å². The molecule has 0 aromatic heterocycles. The minimum Gasteiger partial charge on any atom is -0.480 e. The molecule has 0 spiro atoms. The molecule has 1 heterocycles. The zero-order chi connectivity index (χ0) is 15.8. The molecule has 0 aliphatic carbocycles. The Morgan fingerprint density at radius 2 is 2.24 bits per heavy atom. The lowest BCUT2D eigenvalue weighted by Gasteiger charge is -2.26. The predicted octanol–water partition coefficient (Wildman–Crippen LogP) is -1.36. The maximum Gasteiger partial charge on any atom is 0.324 e. The van der Waals surface area contributed by atoms with Crippen LogP contribution in [0.3, 0.4) is 0 Å². The molecular weight excluding hydrogens is 278 g/mol. The molecule has 0 amide bonds. The average molecular weight is 301 g/mol. The molecule has 6 N–H and O–H groups in total. The summed E-state index contributed by atoms with van der Waals surface area (Å²) >= 11 is 0. The summed E-state index contributed by atoms with van der Waals surface area (Å²) in [5.74, 6) is -1.33. The summed E-state index contributed by atoms with van der Waals surface area (Å²) in [6.45, 7) is 0.984. The van der Waals surface area contributed by atoms with Crippen molar-refractivity contribution in [2.75, 3.05) is 20.2 Å². The molecule has 0 aromatic carbocycles. The molecule has 1 saturated heterocycles. The number of methoxy groups -OCH3 is 1. The van der Waals surface area contributed by atoms with Crippen LogP contribution in [0.25, 0.3) is 0 Å². The third-order valence-corrected chi connectivity index (χ3v) is 3.29. The molecule has 21 heavy (non-hydrogen) atoms. The average Bonchev–Trinajstić information content (AvgIpc) is 2.89. The van der Waals surface area contributed by atoms with E-state index in [1.807, 2.05) is 0 Å². The highest BCUT2D eigenvalue weighted by atomic mass is 16.5. The van der Waals surface area contributed by atoms with E-state index < -0.39 is 24.0 Å². The van der Waals surface area contributed by atoms with Crippen molar-refractivity contribution in [1.29, 1.82) is 0 Å². The Bertz CT molecular complexity index is 397. The first-order chi connectivity index (χ1) is 9.95. The summed E-state index contributed by atoms with van der Waals surface area (Å²) in [5.41, 5.74) is 13.4. The summed E-state index contributed by atoms with van der Waals surface area (Å²) in [6, 6.07) is -1.22. The number of aliphatic carboxylic acids is 1. The quantitative estimate of drug-likeness (QED) is 0.186. The van der Waals surface area contributed by atoms with E-state index in [-0.39, 0.29) is 5.96 Å². The van der Waals surface area contributed by atoms with Gasteiger partial charge in [0.25, 0.3) is 0 Å². The lowest BCUT2D eigenvalue weighted by Crippen LogP contribution is -2.52. The fraction of sp³-hybridized carbons (Fsp3) is 0.750. The van der Waals surface area contributed by atoms with Crippen LogP contribution in [-0.4, -0.2) is 60.3 Å². The van der Waals surface area contributed by atoms with Crippen molar-refractivity contribution < 1.29 is 19.4 Å². The monoisotopic (exact) mass is 301 g/mol. The smallest absolute Gasteiger partial charge is 0.324 e. The maximum absolute atomic E-state index is 11.8. The van der Waals surface area contributed by atoms with E-state index >= 15 is 0 Å². The van der Waals surface area contributed by atoms with Crippen LogP contribution in [0.5, 0.6) is 0 Å². The number of aliphatic imine (C=N–C) groups is 1. The molecule has 0 saturated carbocycles. The minimum absolute atomic E-state index is 0.00283. The van der Waals surface area contributed by atoms with Gasteiger partial charge in [-0.3, -0.25) is 14.6 Å². The van der Waals surface area contributed by atoms with Crippen LogP contribution in [0.4, 0.5) is 0 Å². The topological polar surface area (TPSA) is 143 Å². The van der Waals surface area contributed by atoms with Gasteiger partial charge in [0.05, 0.1) is 7.11 Å². The molecule has 2 atom stereocenters. The number of esters is 1. The van der Waals surface area contributed by atoms with Crippen molar-refractivity contribution in [1.82, 2.24) is 10.4 Å². The van der Waals surface area contributed by atoms with E-state index in [1.165, 1.54) is 7.11 Å². The molecule has 0 radical (unpaired) electrons. The summed E-state index contributed by atoms with van der Waals surface area (Å²) in [4.78, 5) is 26.7. The summed E-state index contributed by atoms with van der Waals surface area (Å²) in [7, 11) is 1.30. The zero-order valence-electron chi connectivity index (χ0n) is 12.1. The number of hydrazine groups is 1. The van der Waals surface area contributed by atoms with E-state index in [4.69, 9.17) is 21.3 Å². The Kier molecular flexibility index (Phi) is 6.89. The maximum atomic E-state index is 11.8. The van der Waals surface area contributed by atoms with Crippen LogP contribution >= 0.6 is 0 Å². The van der Waals surface area contributed by atoms with Gasteiger partial charge >= 0.3 is 11.9 Å². The molecule has 1 aliphatic rings. The van der Waals surface area contributed by atoms with E-state index in [0.29, 0.717) is 32.4 Å². The van der Waals surface area contributed by atoms with Crippen LogP contribution in [0.15, 0.2) is 4.99 Å². The molecular formula is C12H23N5O4. The van der Waals surface area contributed by atoms with Gasteiger partial charge in [0.1, 0.15) is 12.1 Å². The Balaban J connectivity index is 2.55. The summed E-state index contributed by atoms with van der Waals surface area (Å²) in [5, 5.41) is 10.7. The van der Waals surface area contributed by atoms with Crippen molar-refractivity contribution >= 4 is 17.9 Å². The van der Waals surface area contributed by atoms with E-state index in [1.54, 1.807) is 5.01 Å². The van der Waals surface area contributed by atoms with Crippen molar-refractivity contribution in [3.05, 3.63) is 0 Å². The van der Waals surface area contributed by atoms with Gasteiger partial charge in [0.15, 0.2) is 5.96 Å². The predicted molar refractivity (Wildman–Crippen MR) is 76.2 cm³/mol. The molecule has 9 nitrogen and oxygen atoms in total. The standard InChI is InChI=1S/C12H23N5O4/c1-21-11(20)8(4-2-6-15-12(13)14)16-17-7-3-5-9(17)10(18)19/h8-9,16H,2-7H2,1H3,(H,18,19)(H4,13,14,15)/t8-,9-/m0/s1. The van der Waals surface area contributed by atoms with Gasteiger partial charge in [-0.2, -0.15) is 0 Å². The highest BCUT2D eigenvalue weighted by molar-refractivity contribution is 5.76. The van der Waals surface area contributed by atoms with Crippen LogP contribution in [-0.2, 0) is 14.3 Å². The number of nitrogens with zero attached hydrogens (tertiary/aromatic N) is 2. The van der Waals surface area contributed by atoms with Crippen molar-refractivity contribution in [3.63, 3.8) is 0 Å². The number of carbonyl (C=O) groups excluding carboxylic acids is 1. The molecule has 120 valence electrons. The molecule has 9 heteroatoms. The summed E-state index contributed by atoms with van der Waals surface area (Å²) < 4.78 is 4.74. The van der Waals surface area contributed by atoms with Crippen molar-refractivity contribution in [2.45, 2.75) is 37.8 Å². The van der Waals surface area contributed by atoms with Crippen LogP contribution in [0.2, 0.25) is 0 Å². The lowest BCUT2D eigenvalue weighted by molar-refractivity contribution is -0.149. The number of nitrogens with two attached hydrogens (primary N) is 2. The second-order valence-corrected chi connectivity index (χ2v) is 4.84. The highest BCUT2D eigenvalue weighted by Crippen LogP contribution is 2.16. The number of hydrogen-bond acceptors (Lipinski definition) is 6. The van der Waals surface area contributed by atoms with Gasteiger partial charge < -0.3 is 21.3 Å². The number of carboxylic acids is 1. The van der Waals surface area contributed by atoms with Gasteiger partial charge in [-0.25, -0.2) is 10.4 Å². The zero-order valence-corrected chi connectivity index (χ0v) is 12.1. The van der Waals surface area contributed by atoms with Gasteiger partial charge in [0.2, 0.25) is 0 Å². The third kappa shape index (κ3) is 5.56. The van der Waals surface area contributed by atoms with Crippen LogP contribution < -0.4 is 16.9 Å². The van der Waals surface area contributed by atoms with E-state index in [9.17, 15) is 9.59 Å². The first kappa shape index (κ1) is 17.2. The highest BCUT2D eigenvalue weighted by Gasteiger charge is 2.33. The molecule has 1 rings (SSSR count). The Hall–Kier alpha value is -1.87. The number of guanidine groups is 1. The molecule has 1 fully saturated rings. The van der Waals surface area contributed by atoms with Crippen molar-refractivity contribution in [2.24, 2.45) is 16.5 Å². The fourth-order valence-electron chi connectivity index (χ4n) is 2.26. The second-order valence-electron chi connectivity index (χ2n) is 4.84. The first-order valence-corrected chi connectivity index (χ1v) is 6.84. The Labute approximate surface area is 123 Å². The lowest BCUT2D eigenvalue weighted by atomic mass is 10.1. The van der Waals surface area contributed by atoms with Crippen LogP contribution in [0.1, 0.15) is 25.7 Å². The number of nitrogens with one attached hydrogen (secondary N) is 1. The number of carbonyl (C=O) groups is 2. The SMILES string of the molecule is COC(=O)[C@H](CCCN=C(N)N)NN1CCC[C@H]1C(=O)O. The van der Waals surface area contributed by atoms with Gasteiger partial charge in [0, 0.05) is 13.1 Å². The molecule has 0 aromatic rings. The molecule has 0 bridgehead atoms. The summed E-state index contributed by atoms with van der Waals surface area (Å²) in [6.07, 6.45) is 2.36. The Morgan fingerprint density at radius 3 is 2.81 bits per heavy atom. The molecule has 1 aliphatic heterocycles. The minimum atomic E-state index is -0.899. The van der Waals surface area contributed by atoms with Gasteiger partial charge in [-0.15, -0.1) is 0 Å². The molecule has 0 unspecified atom stereocenters. The number of ether oxygens (including phenoxy) is 1. The Morgan fingerprint density at radius 1 is 1.52 bits per heavy atom. The number of rotatable bonds is 8. The second kappa shape index (κ2) is 8.42. The normalized spacial score (nSPS) is 20.0. The van der Waals surface area contributed by atoms with Crippen molar-refractivity contribution in [3.8, 4) is 0 Å². The third-order valence-electron chi connectivity index (χ3n) is 3.29. The first-order valence-electron chi connectivity index (χ1n) is 6.84. The van der Waals surface area contributed by atoms with E-state index in [0.717, 1.165) is 6.42 Å².